The zero-order valence-corrected chi connectivity index (χ0v) is 11.5. The number of nitrogens with zero attached hydrogens (tertiary/aromatic N) is 1. The molecule has 1 saturated heterocycles. The summed E-state index contributed by atoms with van der Waals surface area (Å²) >= 11 is 0. The molecule has 0 spiro atoms. The van der Waals surface area contributed by atoms with E-state index in [4.69, 9.17) is 4.74 Å². The Labute approximate surface area is 123 Å². The smallest absolute Gasteiger partial charge is 0.508 e. The van der Waals surface area contributed by atoms with Gasteiger partial charge in [-0.2, -0.15) is 0 Å². The Balaban J connectivity index is 0.00000133. The van der Waals surface area contributed by atoms with Crippen molar-refractivity contribution in [2.45, 2.75) is 6.54 Å². The van der Waals surface area contributed by atoms with Crippen molar-refractivity contribution in [2.75, 3.05) is 26.3 Å². The summed E-state index contributed by atoms with van der Waals surface area (Å²) in [6.45, 7) is 4.22. The first-order chi connectivity index (χ1) is 8.84. The van der Waals surface area contributed by atoms with E-state index in [9.17, 15) is 5.11 Å². The normalized spacial score (nSPS) is 16.2. The van der Waals surface area contributed by atoms with E-state index in [0.29, 0.717) is 5.75 Å². The van der Waals surface area contributed by atoms with E-state index in [1.54, 1.807) is 6.07 Å². The Morgan fingerprint density at radius 3 is 2.58 bits per heavy atom. The van der Waals surface area contributed by atoms with E-state index < -0.39 is 0 Å². The molecule has 3 rings (SSSR count). The van der Waals surface area contributed by atoms with Gasteiger partial charge in [-0.3, -0.25) is 4.90 Å². The fourth-order valence-electron chi connectivity index (χ4n) is 2.47. The molecule has 1 aliphatic heterocycles. The molecule has 1 heterocycles. The van der Waals surface area contributed by atoms with Gasteiger partial charge in [0.25, 0.3) is 0 Å². The van der Waals surface area contributed by atoms with Gasteiger partial charge in [0.05, 0.1) is 13.2 Å². The van der Waals surface area contributed by atoms with E-state index in [1.807, 2.05) is 18.2 Å². The third-order valence-electron chi connectivity index (χ3n) is 3.50. The molecule has 0 unspecified atom stereocenters. The molecule has 0 amide bonds. The van der Waals surface area contributed by atoms with Gasteiger partial charge < -0.3 is 9.84 Å². The van der Waals surface area contributed by atoms with E-state index in [-0.39, 0.29) is 17.1 Å². The second-order valence-corrected chi connectivity index (χ2v) is 4.67. The first-order valence-corrected chi connectivity index (χ1v) is 6.34. The average Bonchev–Trinajstić information content (AvgIpc) is 2.43. The molecule has 0 bridgehead atoms. The zero-order chi connectivity index (χ0) is 12.4. The van der Waals surface area contributed by atoms with Crippen LogP contribution in [0.4, 0.5) is 0 Å². The number of phenols is 1. The molecule has 0 atom stereocenters. The summed E-state index contributed by atoms with van der Waals surface area (Å²) in [5, 5.41) is 12.4. The van der Waals surface area contributed by atoms with Gasteiger partial charge in [0.2, 0.25) is 0 Å². The van der Waals surface area contributed by atoms with Crippen LogP contribution in [0.15, 0.2) is 36.4 Å². The van der Waals surface area contributed by atoms with Gasteiger partial charge in [0.1, 0.15) is 5.75 Å². The Hall–Kier alpha value is -1.06. The molecule has 0 saturated carbocycles. The minimum absolute atomic E-state index is 0. The Kier molecular flexibility index (Phi) is 4.83. The van der Waals surface area contributed by atoms with E-state index >= 15 is 0 Å². The zero-order valence-electron chi connectivity index (χ0n) is 10.6. The molecule has 1 fully saturated rings. The molecule has 0 aromatic heterocycles. The molecule has 1 N–H and O–H groups in total. The van der Waals surface area contributed by atoms with Crippen molar-refractivity contribution in [3.63, 3.8) is 0 Å². The monoisotopic (exact) mass is 306 g/mol. The van der Waals surface area contributed by atoms with Crippen LogP contribution in [0.1, 0.15) is 5.56 Å². The van der Waals surface area contributed by atoms with Crippen molar-refractivity contribution < 1.29 is 26.9 Å². The Morgan fingerprint density at radius 1 is 1.05 bits per heavy atom. The van der Waals surface area contributed by atoms with Crippen LogP contribution in [-0.4, -0.2) is 36.3 Å². The number of morpholine rings is 1. The summed E-state index contributed by atoms with van der Waals surface area (Å²) in [6, 6.07) is 12.0. The van der Waals surface area contributed by atoms with Crippen LogP contribution in [0.3, 0.4) is 0 Å². The van der Waals surface area contributed by atoms with Crippen LogP contribution in [0.2, 0.25) is 0 Å². The quantitative estimate of drug-likeness (QED) is 0.865. The van der Waals surface area contributed by atoms with Crippen molar-refractivity contribution in [1.29, 1.82) is 0 Å². The van der Waals surface area contributed by atoms with Crippen molar-refractivity contribution in [1.82, 2.24) is 4.90 Å². The maximum absolute atomic E-state index is 10.1. The Bertz CT molecular complexity index is 553. The average molecular weight is 307 g/mol. The maximum Gasteiger partial charge on any atom is 2.00 e. The van der Waals surface area contributed by atoms with Crippen molar-refractivity contribution in [2.24, 2.45) is 0 Å². The second-order valence-electron chi connectivity index (χ2n) is 4.67. The minimum atomic E-state index is 0. The maximum atomic E-state index is 10.1. The summed E-state index contributed by atoms with van der Waals surface area (Å²) in [5.41, 5.74) is 1.02. The van der Waals surface area contributed by atoms with Crippen LogP contribution >= 0.6 is 0 Å². The fourth-order valence-corrected chi connectivity index (χ4v) is 2.47. The van der Waals surface area contributed by atoms with Crippen LogP contribution in [-0.2, 0) is 28.4 Å². The number of ether oxygens (including phenoxy) is 1. The number of rotatable bonds is 2. The van der Waals surface area contributed by atoms with Crippen LogP contribution < -0.4 is 0 Å². The van der Waals surface area contributed by atoms with Gasteiger partial charge in [0, 0.05) is 25.2 Å². The van der Waals surface area contributed by atoms with E-state index in [2.05, 4.69) is 17.0 Å². The molecule has 103 valence electrons. The third kappa shape index (κ3) is 3.10. The van der Waals surface area contributed by atoms with Gasteiger partial charge >= 0.3 is 17.1 Å². The number of hydrogen-bond donors (Lipinski definition) is 1. The van der Waals surface area contributed by atoms with Crippen LogP contribution in [0.25, 0.3) is 10.8 Å². The number of fused-ring (bicyclic) bond motifs is 1. The first-order valence-electron chi connectivity index (χ1n) is 6.34. The summed E-state index contributed by atoms with van der Waals surface area (Å²) in [4.78, 5) is 2.32. The molecule has 2 aromatic rings. The topological polar surface area (TPSA) is 32.7 Å². The SMILES string of the molecule is Oc1ccc2ccccc2c1CN1CCOCC1.[Cu+2]. The number of aromatic hydroxyl groups is 1. The van der Waals surface area contributed by atoms with Gasteiger partial charge in [-0.05, 0) is 16.8 Å². The summed E-state index contributed by atoms with van der Waals surface area (Å²) in [5.74, 6) is 0.389. The molecular formula is C15H17CuNO2+2. The van der Waals surface area contributed by atoms with Gasteiger partial charge in [-0.1, -0.05) is 30.3 Å². The van der Waals surface area contributed by atoms with Crippen LogP contribution in [0, 0.1) is 0 Å². The molecule has 1 aliphatic rings. The molecule has 3 nitrogen and oxygen atoms in total. The van der Waals surface area contributed by atoms with Crippen molar-refractivity contribution >= 4 is 10.8 Å². The number of phenolic OH excluding ortho intramolecular Hbond substituents is 1. The first kappa shape index (κ1) is 14.4. The van der Waals surface area contributed by atoms with Crippen molar-refractivity contribution in [3.8, 4) is 5.75 Å². The van der Waals surface area contributed by atoms with Gasteiger partial charge in [-0.25, -0.2) is 0 Å². The largest absolute Gasteiger partial charge is 2.00 e. The summed E-state index contributed by atoms with van der Waals surface area (Å²) in [6.07, 6.45) is 0. The molecular weight excluding hydrogens is 290 g/mol. The predicted molar refractivity (Wildman–Crippen MR) is 71.7 cm³/mol. The molecule has 1 radical (unpaired) electrons. The second kappa shape index (κ2) is 6.40. The summed E-state index contributed by atoms with van der Waals surface area (Å²) in [7, 11) is 0. The molecule has 4 heteroatoms. The minimum Gasteiger partial charge on any atom is -0.508 e. The van der Waals surface area contributed by atoms with Crippen molar-refractivity contribution in [3.05, 3.63) is 42.0 Å². The summed E-state index contributed by atoms with van der Waals surface area (Å²) < 4.78 is 5.35. The third-order valence-corrected chi connectivity index (χ3v) is 3.50. The van der Waals surface area contributed by atoms with E-state index in [1.165, 1.54) is 5.39 Å². The number of benzene rings is 2. The fraction of sp³-hybridized carbons (Fsp3) is 0.333. The van der Waals surface area contributed by atoms with Crippen LogP contribution in [0.5, 0.6) is 5.75 Å². The van der Waals surface area contributed by atoms with Gasteiger partial charge in [-0.15, -0.1) is 0 Å². The molecule has 2 aromatic carbocycles. The molecule has 0 aliphatic carbocycles. The predicted octanol–water partition coefficient (Wildman–Crippen LogP) is 2.38. The van der Waals surface area contributed by atoms with Gasteiger partial charge in [0.15, 0.2) is 0 Å². The molecule has 19 heavy (non-hydrogen) atoms. The standard InChI is InChI=1S/C15H17NO2.Cu/c17-15-6-5-12-3-1-2-4-13(12)14(15)11-16-7-9-18-10-8-16;/h1-6,17H,7-11H2;/q;+2. The Morgan fingerprint density at radius 2 is 1.79 bits per heavy atom. The number of hydrogen-bond acceptors (Lipinski definition) is 3. The van der Waals surface area contributed by atoms with E-state index in [0.717, 1.165) is 43.8 Å².